The maximum absolute atomic E-state index is 9.57. The SMILES string of the molecule is OCC1CN(c2cccnn2)CC1O. The Morgan fingerprint density at radius 2 is 2.36 bits per heavy atom. The van der Waals surface area contributed by atoms with Crippen molar-refractivity contribution in [1.29, 1.82) is 0 Å². The third kappa shape index (κ3) is 1.69. The van der Waals surface area contributed by atoms with Gasteiger partial charge in [0.05, 0.1) is 12.7 Å². The predicted molar refractivity (Wildman–Crippen MR) is 50.8 cm³/mol. The molecule has 2 heterocycles. The fourth-order valence-corrected chi connectivity index (χ4v) is 1.68. The largest absolute Gasteiger partial charge is 0.396 e. The van der Waals surface area contributed by atoms with Gasteiger partial charge in [0.25, 0.3) is 0 Å². The zero-order valence-electron chi connectivity index (χ0n) is 7.74. The molecule has 0 bridgehead atoms. The second-order valence-corrected chi connectivity index (χ2v) is 3.50. The summed E-state index contributed by atoms with van der Waals surface area (Å²) < 4.78 is 0. The van der Waals surface area contributed by atoms with E-state index in [4.69, 9.17) is 5.11 Å². The minimum atomic E-state index is -0.470. The molecule has 1 aromatic rings. The fraction of sp³-hybridized carbons (Fsp3) is 0.556. The number of aromatic nitrogens is 2. The van der Waals surface area contributed by atoms with Gasteiger partial charge in [0.2, 0.25) is 0 Å². The molecule has 76 valence electrons. The zero-order chi connectivity index (χ0) is 9.97. The smallest absolute Gasteiger partial charge is 0.151 e. The van der Waals surface area contributed by atoms with Crippen LogP contribution in [0.25, 0.3) is 0 Å². The molecule has 0 spiro atoms. The molecule has 14 heavy (non-hydrogen) atoms. The van der Waals surface area contributed by atoms with E-state index in [1.54, 1.807) is 12.3 Å². The van der Waals surface area contributed by atoms with E-state index in [9.17, 15) is 5.11 Å². The van der Waals surface area contributed by atoms with Gasteiger partial charge in [-0.1, -0.05) is 0 Å². The van der Waals surface area contributed by atoms with Crippen LogP contribution < -0.4 is 4.90 Å². The number of nitrogens with zero attached hydrogens (tertiary/aromatic N) is 3. The molecule has 0 aliphatic carbocycles. The van der Waals surface area contributed by atoms with Crippen molar-refractivity contribution in [2.45, 2.75) is 6.10 Å². The average Bonchev–Trinajstić information content (AvgIpc) is 2.61. The molecule has 1 aliphatic heterocycles. The second kappa shape index (κ2) is 3.89. The third-order valence-electron chi connectivity index (χ3n) is 2.52. The molecule has 0 amide bonds. The number of anilines is 1. The predicted octanol–water partition coefficient (Wildman–Crippen LogP) is -0.734. The van der Waals surface area contributed by atoms with E-state index in [1.807, 2.05) is 11.0 Å². The fourth-order valence-electron chi connectivity index (χ4n) is 1.68. The van der Waals surface area contributed by atoms with Crippen LogP contribution in [-0.2, 0) is 0 Å². The van der Waals surface area contributed by atoms with Crippen LogP contribution in [0.2, 0.25) is 0 Å². The van der Waals surface area contributed by atoms with E-state index < -0.39 is 6.10 Å². The highest BCUT2D eigenvalue weighted by molar-refractivity contribution is 5.38. The van der Waals surface area contributed by atoms with E-state index in [0.29, 0.717) is 13.1 Å². The highest BCUT2D eigenvalue weighted by Gasteiger charge is 2.31. The Balaban J connectivity index is 2.09. The quantitative estimate of drug-likeness (QED) is 0.651. The highest BCUT2D eigenvalue weighted by Crippen LogP contribution is 2.21. The zero-order valence-corrected chi connectivity index (χ0v) is 7.74. The highest BCUT2D eigenvalue weighted by atomic mass is 16.3. The summed E-state index contributed by atoms with van der Waals surface area (Å²) in [6, 6.07) is 3.65. The van der Waals surface area contributed by atoms with Crippen molar-refractivity contribution in [1.82, 2.24) is 10.2 Å². The van der Waals surface area contributed by atoms with Crippen LogP contribution in [-0.4, -0.2) is 46.2 Å². The van der Waals surface area contributed by atoms with Crippen LogP contribution in [0.15, 0.2) is 18.3 Å². The Hall–Kier alpha value is -1.20. The van der Waals surface area contributed by atoms with Gasteiger partial charge in [-0.15, -0.1) is 5.10 Å². The van der Waals surface area contributed by atoms with Crippen molar-refractivity contribution in [3.05, 3.63) is 18.3 Å². The molecule has 1 aromatic heterocycles. The summed E-state index contributed by atoms with van der Waals surface area (Å²) in [7, 11) is 0. The lowest BCUT2D eigenvalue weighted by molar-refractivity contribution is 0.104. The van der Waals surface area contributed by atoms with Gasteiger partial charge >= 0.3 is 0 Å². The van der Waals surface area contributed by atoms with Gasteiger partial charge < -0.3 is 15.1 Å². The van der Waals surface area contributed by atoms with E-state index in [0.717, 1.165) is 5.82 Å². The summed E-state index contributed by atoms with van der Waals surface area (Å²) in [6.45, 7) is 1.16. The molecule has 0 radical (unpaired) electrons. The summed E-state index contributed by atoms with van der Waals surface area (Å²) in [4.78, 5) is 1.93. The molecule has 5 heteroatoms. The molecular formula is C9H13N3O2. The molecular weight excluding hydrogens is 182 g/mol. The van der Waals surface area contributed by atoms with E-state index in [-0.39, 0.29) is 12.5 Å². The van der Waals surface area contributed by atoms with Crippen molar-refractivity contribution in [3.8, 4) is 0 Å². The van der Waals surface area contributed by atoms with Gasteiger partial charge in [0, 0.05) is 25.2 Å². The van der Waals surface area contributed by atoms with Gasteiger partial charge in [-0.05, 0) is 12.1 Å². The summed E-state index contributed by atoms with van der Waals surface area (Å²) in [5, 5.41) is 26.3. The topological polar surface area (TPSA) is 69.5 Å². The number of rotatable bonds is 2. The van der Waals surface area contributed by atoms with Crippen molar-refractivity contribution >= 4 is 5.82 Å². The molecule has 2 atom stereocenters. The molecule has 2 unspecified atom stereocenters. The van der Waals surface area contributed by atoms with Gasteiger partial charge in [-0.2, -0.15) is 5.10 Å². The van der Waals surface area contributed by atoms with Gasteiger partial charge in [-0.25, -0.2) is 0 Å². The molecule has 5 nitrogen and oxygen atoms in total. The first-order valence-electron chi connectivity index (χ1n) is 4.63. The summed E-state index contributed by atoms with van der Waals surface area (Å²) in [5.41, 5.74) is 0. The minimum Gasteiger partial charge on any atom is -0.396 e. The third-order valence-corrected chi connectivity index (χ3v) is 2.52. The summed E-state index contributed by atoms with van der Waals surface area (Å²) in [6.07, 6.45) is 1.14. The van der Waals surface area contributed by atoms with Crippen molar-refractivity contribution in [2.75, 3.05) is 24.6 Å². The first kappa shape index (κ1) is 9.36. The maximum Gasteiger partial charge on any atom is 0.151 e. The van der Waals surface area contributed by atoms with Crippen LogP contribution in [0.1, 0.15) is 0 Å². The normalized spacial score (nSPS) is 26.9. The molecule has 1 fully saturated rings. The maximum atomic E-state index is 9.57. The number of hydrogen-bond acceptors (Lipinski definition) is 5. The Bertz CT molecular complexity index is 293. The molecule has 1 saturated heterocycles. The van der Waals surface area contributed by atoms with E-state index >= 15 is 0 Å². The second-order valence-electron chi connectivity index (χ2n) is 3.50. The van der Waals surface area contributed by atoms with Crippen LogP contribution in [0.5, 0.6) is 0 Å². The number of aliphatic hydroxyl groups is 2. The first-order valence-corrected chi connectivity index (χ1v) is 4.63. The number of hydrogen-bond donors (Lipinski definition) is 2. The summed E-state index contributed by atoms with van der Waals surface area (Å²) >= 11 is 0. The monoisotopic (exact) mass is 195 g/mol. The lowest BCUT2D eigenvalue weighted by Crippen LogP contribution is -2.22. The summed E-state index contributed by atoms with van der Waals surface area (Å²) in [5.74, 6) is 0.680. The van der Waals surface area contributed by atoms with E-state index in [1.165, 1.54) is 0 Å². The Kier molecular flexibility index (Phi) is 2.60. The Labute approximate surface area is 82.0 Å². The number of β-amino-alcohol motifs (C(OH)–C–C–N with tert-alkyl or cyclic N) is 1. The lowest BCUT2D eigenvalue weighted by atomic mass is 10.1. The van der Waals surface area contributed by atoms with Crippen molar-refractivity contribution in [2.24, 2.45) is 5.92 Å². The van der Waals surface area contributed by atoms with Crippen LogP contribution in [0, 0.1) is 5.92 Å². The van der Waals surface area contributed by atoms with Crippen molar-refractivity contribution < 1.29 is 10.2 Å². The van der Waals surface area contributed by atoms with Crippen molar-refractivity contribution in [3.63, 3.8) is 0 Å². The lowest BCUT2D eigenvalue weighted by Gasteiger charge is -2.15. The Morgan fingerprint density at radius 3 is 2.93 bits per heavy atom. The molecule has 0 aromatic carbocycles. The number of aliphatic hydroxyl groups excluding tert-OH is 2. The molecule has 2 rings (SSSR count). The van der Waals surface area contributed by atoms with Crippen LogP contribution in [0.3, 0.4) is 0 Å². The van der Waals surface area contributed by atoms with E-state index in [2.05, 4.69) is 10.2 Å². The first-order chi connectivity index (χ1) is 6.81. The van der Waals surface area contributed by atoms with Gasteiger partial charge in [0.1, 0.15) is 0 Å². The Morgan fingerprint density at radius 1 is 1.50 bits per heavy atom. The van der Waals surface area contributed by atoms with Gasteiger partial charge in [-0.3, -0.25) is 0 Å². The van der Waals surface area contributed by atoms with Crippen LogP contribution >= 0.6 is 0 Å². The molecule has 1 aliphatic rings. The van der Waals surface area contributed by atoms with Crippen LogP contribution in [0.4, 0.5) is 5.82 Å². The molecule has 2 N–H and O–H groups in total. The average molecular weight is 195 g/mol. The standard InChI is InChI=1S/C9H13N3O2/c13-6-7-4-12(5-8(7)14)9-2-1-3-10-11-9/h1-3,7-8,13-14H,4-6H2. The van der Waals surface area contributed by atoms with Gasteiger partial charge in [0.15, 0.2) is 5.82 Å². The molecule has 0 saturated carbocycles. The minimum absolute atomic E-state index is 0.0118.